The van der Waals surface area contributed by atoms with Gasteiger partial charge in [0.25, 0.3) is 5.91 Å². The molecule has 100 valence electrons. The highest BCUT2D eigenvalue weighted by Crippen LogP contribution is 2.31. The van der Waals surface area contributed by atoms with Crippen molar-refractivity contribution in [2.45, 2.75) is 25.0 Å². The van der Waals surface area contributed by atoms with Crippen molar-refractivity contribution in [3.05, 3.63) is 33.4 Å². The number of aliphatic imine (C=N–C) groups is 1. The first-order chi connectivity index (χ1) is 9.27. The van der Waals surface area contributed by atoms with Gasteiger partial charge in [0.15, 0.2) is 18.5 Å². The van der Waals surface area contributed by atoms with E-state index in [0.29, 0.717) is 0 Å². The Kier molecular flexibility index (Phi) is 3.72. The first kappa shape index (κ1) is 12.9. The molecule has 4 nitrogen and oxygen atoms in total. The summed E-state index contributed by atoms with van der Waals surface area (Å²) in [5.74, 6) is 0.0934. The zero-order valence-electron chi connectivity index (χ0n) is 10.5. The van der Waals surface area contributed by atoms with Crippen molar-refractivity contribution in [1.29, 1.82) is 0 Å². The number of halogens is 1. The van der Waals surface area contributed by atoms with Crippen LogP contribution in [0.3, 0.4) is 0 Å². The molecule has 5 heteroatoms. The van der Waals surface area contributed by atoms with Crippen LogP contribution in [0.4, 0.5) is 0 Å². The number of carbonyl (C=O) groups is 1. The zero-order valence-corrected chi connectivity index (χ0v) is 12.6. The minimum atomic E-state index is -0.422. The molecule has 1 fully saturated rings. The fourth-order valence-electron chi connectivity index (χ4n) is 2.59. The molecule has 0 spiro atoms. The van der Waals surface area contributed by atoms with E-state index in [1.807, 2.05) is 29.2 Å². The van der Waals surface area contributed by atoms with E-state index < -0.39 is 6.04 Å². The van der Waals surface area contributed by atoms with E-state index in [4.69, 9.17) is 4.74 Å². The summed E-state index contributed by atoms with van der Waals surface area (Å²) in [5, 5.41) is 0. The molecule has 0 radical (unpaired) electrons. The molecule has 2 aliphatic rings. The SMILES string of the molecule is O=C([C@@H]1N=CO[C@H]1c1ccccc1I)N1CCCC1. The third-order valence-electron chi connectivity index (χ3n) is 3.60. The van der Waals surface area contributed by atoms with Gasteiger partial charge in [-0.1, -0.05) is 18.2 Å². The van der Waals surface area contributed by atoms with E-state index in [2.05, 4.69) is 27.6 Å². The van der Waals surface area contributed by atoms with Gasteiger partial charge in [-0.05, 0) is 41.5 Å². The molecule has 19 heavy (non-hydrogen) atoms. The first-order valence-electron chi connectivity index (χ1n) is 6.48. The maximum atomic E-state index is 12.5. The molecule has 0 saturated carbocycles. The Morgan fingerprint density at radius 2 is 2.05 bits per heavy atom. The van der Waals surface area contributed by atoms with Gasteiger partial charge in [-0.3, -0.25) is 4.79 Å². The molecule has 2 aliphatic heterocycles. The average molecular weight is 370 g/mol. The highest BCUT2D eigenvalue weighted by molar-refractivity contribution is 14.1. The van der Waals surface area contributed by atoms with Crippen LogP contribution in [0.2, 0.25) is 0 Å². The fraction of sp³-hybridized carbons (Fsp3) is 0.429. The van der Waals surface area contributed by atoms with Crippen molar-refractivity contribution in [1.82, 2.24) is 4.90 Å². The molecule has 0 N–H and O–H groups in total. The van der Waals surface area contributed by atoms with Gasteiger partial charge in [0.1, 0.15) is 0 Å². The summed E-state index contributed by atoms with van der Waals surface area (Å²) >= 11 is 2.27. The van der Waals surface area contributed by atoms with Crippen molar-refractivity contribution < 1.29 is 9.53 Å². The highest BCUT2D eigenvalue weighted by Gasteiger charge is 2.38. The molecule has 1 saturated heterocycles. The number of benzene rings is 1. The minimum absolute atomic E-state index is 0.0934. The maximum absolute atomic E-state index is 12.5. The van der Waals surface area contributed by atoms with Gasteiger partial charge < -0.3 is 9.64 Å². The molecule has 2 heterocycles. The van der Waals surface area contributed by atoms with E-state index in [-0.39, 0.29) is 12.0 Å². The van der Waals surface area contributed by atoms with E-state index in [1.54, 1.807) is 0 Å². The summed E-state index contributed by atoms with van der Waals surface area (Å²) in [6.07, 6.45) is 3.33. The fourth-order valence-corrected chi connectivity index (χ4v) is 3.28. The summed E-state index contributed by atoms with van der Waals surface area (Å²) in [4.78, 5) is 18.6. The number of amides is 1. The molecule has 0 aliphatic carbocycles. The minimum Gasteiger partial charge on any atom is -0.473 e. The molecule has 0 aromatic heterocycles. The van der Waals surface area contributed by atoms with Crippen molar-refractivity contribution in [3.63, 3.8) is 0 Å². The predicted molar refractivity (Wildman–Crippen MR) is 81.1 cm³/mol. The van der Waals surface area contributed by atoms with Crippen molar-refractivity contribution >= 4 is 34.9 Å². The second-order valence-corrected chi connectivity index (χ2v) is 5.97. The highest BCUT2D eigenvalue weighted by atomic mass is 127. The van der Waals surface area contributed by atoms with Crippen LogP contribution < -0.4 is 0 Å². The largest absolute Gasteiger partial charge is 0.473 e. The molecule has 1 aromatic rings. The molecular formula is C14H15IN2O2. The summed E-state index contributed by atoms with van der Waals surface area (Å²) < 4.78 is 6.68. The lowest BCUT2D eigenvalue weighted by atomic mass is 10.0. The van der Waals surface area contributed by atoms with E-state index in [0.717, 1.165) is 35.1 Å². The number of likely N-dealkylation sites (tertiary alicyclic amines) is 1. The summed E-state index contributed by atoms with van der Waals surface area (Å²) in [5.41, 5.74) is 1.04. The number of hydrogen-bond donors (Lipinski definition) is 0. The third kappa shape index (κ3) is 2.48. The third-order valence-corrected chi connectivity index (χ3v) is 4.58. The van der Waals surface area contributed by atoms with Crippen molar-refractivity contribution in [2.24, 2.45) is 4.99 Å². The van der Waals surface area contributed by atoms with Crippen LogP contribution in [0.15, 0.2) is 29.3 Å². The number of nitrogens with zero attached hydrogens (tertiary/aromatic N) is 2. The van der Waals surface area contributed by atoms with E-state index >= 15 is 0 Å². The lowest BCUT2D eigenvalue weighted by Gasteiger charge is -2.23. The van der Waals surface area contributed by atoms with Gasteiger partial charge in [0, 0.05) is 22.2 Å². The Morgan fingerprint density at radius 3 is 2.79 bits per heavy atom. The normalized spacial score (nSPS) is 25.6. The van der Waals surface area contributed by atoms with Gasteiger partial charge in [-0.2, -0.15) is 0 Å². The summed E-state index contributed by atoms with van der Waals surface area (Å²) in [6, 6.07) is 7.56. The standard InChI is InChI=1S/C14H15IN2O2/c15-11-6-2-1-5-10(11)13-12(16-9-19-13)14(18)17-7-3-4-8-17/h1-2,5-6,9,12-13H,3-4,7-8H2/t12-,13+/m1/s1. The number of ether oxygens (including phenoxy) is 1. The zero-order chi connectivity index (χ0) is 13.2. The van der Waals surface area contributed by atoms with Crippen LogP contribution in [-0.4, -0.2) is 36.3 Å². The van der Waals surface area contributed by atoms with Gasteiger partial charge in [0.2, 0.25) is 0 Å². The van der Waals surface area contributed by atoms with Gasteiger partial charge in [-0.15, -0.1) is 0 Å². The topological polar surface area (TPSA) is 41.9 Å². The quantitative estimate of drug-likeness (QED) is 0.751. The van der Waals surface area contributed by atoms with Crippen LogP contribution in [0.1, 0.15) is 24.5 Å². The van der Waals surface area contributed by atoms with Crippen LogP contribution in [0.5, 0.6) is 0 Å². The first-order valence-corrected chi connectivity index (χ1v) is 7.55. The molecule has 1 amide bonds. The average Bonchev–Trinajstić information content (AvgIpc) is 3.10. The number of carbonyl (C=O) groups excluding carboxylic acids is 1. The Labute approximate surface area is 126 Å². The van der Waals surface area contributed by atoms with Crippen molar-refractivity contribution in [2.75, 3.05) is 13.1 Å². The molecule has 3 rings (SSSR count). The molecular weight excluding hydrogens is 355 g/mol. The van der Waals surface area contributed by atoms with Gasteiger partial charge in [0.05, 0.1) is 0 Å². The summed E-state index contributed by atoms with van der Waals surface area (Å²) in [6.45, 7) is 1.70. The van der Waals surface area contributed by atoms with Gasteiger partial charge in [-0.25, -0.2) is 4.99 Å². The van der Waals surface area contributed by atoms with Crippen LogP contribution in [-0.2, 0) is 9.53 Å². The number of hydrogen-bond acceptors (Lipinski definition) is 3. The lowest BCUT2D eigenvalue weighted by molar-refractivity contribution is -0.133. The number of rotatable bonds is 2. The molecule has 1 aromatic carbocycles. The molecule has 2 atom stereocenters. The molecule has 0 bridgehead atoms. The van der Waals surface area contributed by atoms with Crippen LogP contribution in [0, 0.1) is 3.57 Å². The Bertz CT molecular complexity index is 512. The van der Waals surface area contributed by atoms with Crippen molar-refractivity contribution in [3.8, 4) is 0 Å². The maximum Gasteiger partial charge on any atom is 0.251 e. The van der Waals surface area contributed by atoms with Gasteiger partial charge >= 0.3 is 0 Å². The monoisotopic (exact) mass is 370 g/mol. The molecule has 0 unspecified atom stereocenters. The van der Waals surface area contributed by atoms with Crippen LogP contribution in [0.25, 0.3) is 0 Å². The summed E-state index contributed by atoms with van der Waals surface area (Å²) in [7, 11) is 0. The Hall–Kier alpha value is -1.11. The van der Waals surface area contributed by atoms with E-state index in [9.17, 15) is 4.79 Å². The van der Waals surface area contributed by atoms with Crippen LogP contribution >= 0.6 is 22.6 Å². The smallest absolute Gasteiger partial charge is 0.251 e. The predicted octanol–water partition coefficient (Wildman–Crippen LogP) is 2.38. The second kappa shape index (κ2) is 5.48. The lowest BCUT2D eigenvalue weighted by Crippen LogP contribution is -2.38. The second-order valence-electron chi connectivity index (χ2n) is 4.81. The Balaban J connectivity index is 1.83. The Morgan fingerprint density at radius 1 is 1.32 bits per heavy atom. The van der Waals surface area contributed by atoms with E-state index in [1.165, 1.54) is 6.40 Å².